The maximum Gasteiger partial charge on any atom is 0.259 e. The summed E-state index contributed by atoms with van der Waals surface area (Å²) in [5.41, 5.74) is 2.32. The molecule has 1 saturated carbocycles. The third-order valence-electron chi connectivity index (χ3n) is 3.92. The lowest BCUT2D eigenvalue weighted by atomic mass is 10.1. The van der Waals surface area contributed by atoms with Crippen molar-refractivity contribution in [2.75, 3.05) is 18.5 Å². The lowest BCUT2D eigenvalue weighted by Crippen LogP contribution is -2.14. The fourth-order valence-corrected chi connectivity index (χ4v) is 2.35. The van der Waals surface area contributed by atoms with Crippen molar-refractivity contribution in [3.8, 4) is 5.75 Å². The number of hydrogen-bond acceptors (Lipinski definition) is 3. The summed E-state index contributed by atoms with van der Waals surface area (Å²) in [6.45, 7) is 0.803. The van der Waals surface area contributed by atoms with Crippen LogP contribution in [-0.2, 0) is 6.42 Å². The molecule has 4 heteroatoms. The van der Waals surface area contributed by atoms with Crippen LogP contribution in [0.15, 0.2) is 48.5 Å². The van der Waals surface area contributed by atoms with Crippen LogP contribution in [0.5, 0.6) is 5.75 Å². The summed E-state index contributed by atoms with van der Waals surface area (Å²) in [5, 5.41) is 11.8. The summed E-state index contributed by atoms with van der Waals surface area (Å²) in [6.07, 6.45) is 3.05. The summed E-state index contributed by atoms with van der Waals surface area (Å²) >= 11 is 0. The molecule has 0 atom stereocenters. The number of carbonyl (C=O) groups excluding carboxylic acids is 1. The number of hydrogen-bond donors (Lipinski definition) is 2. The molecular formula is C19H21NO3. The smallest absolute Gasteiger partial charge is 0.259 e. The van der Waals surface area contributed by atoms with Gasteiger partial charge in [0.1, 0.15) is 5.75 Å². The van der Waals surface area contributed by atoms with Gasteiger partial charge in [0.15, 0.2) is 0 Å². The molecule has 120 valence electrons. The fraction of sp³-hybridized carbons (Fsp3) is 0.316. The fourth-order valence-electron chi connectivity index (χ4n) is 2.35. The van der Waals surface area contributed by atoms with E-state index < -0.39 is 0 Å². The average molecular weight is 311 g/mol. The van der Waals surface area contributed by atoms with E-state index in [2.05, 4.69) is 5.32 Å². The van der Waals surface area contributed by atoms with Crippen LogP contribution in [0, 0.1) is 5.92 Å². The second-order valence-electron chi connectivity index (χ2n) is 5.88. The number of benzene rings is 2. The van der Waals surface area contributed by atoms with Crippen molar-refractivity contribution < 1.29 is 14.6 Å². The Bertz CT molecular complexity index is 663. The number of aliphatic hydroxyl groups excluding tert-OH is 1. The Morgan fingerprint density at radius 2 is 1.87 bits per heavy atom. The minimum atomic E-state index is -0.175. The highest BCUT2D eigenvalue weighted by molar-refractivity contribution is 6.06. The molecule has 1 aliphatic rings. The SMILES string of the molecule is O=C(Nc1ccc(CCO)cc1)c1ccccc1OCC1CC1. The van der Waals surface area contributed by atoms with Gasteiger partial charge in [-0.3, -0.25) is 4.79 Å². The normalized spacial score (nSPS) is 13.6. The highest BCUT2D eigenvalue weighted by Crippen LogP contribution is 2.30. The van der Waals surface area contributed by atoms with E-state index in [9.17, 15) is 4.79 Å². The summed E-state index contributed by atoms with van der Waals surface area (Å²) < 4.78 is 5.78. The first kappa shape index (κ1) is 15.6. The second-order valence-corrected chi connectivity index (χ2v) is 5.88. The Morgan fingerprint density at radius 1 is 1.13 bits per heavy atom. The van der Waals surface area contributed by atoms with Crippen LogP contribution in [0.25, 0.3) is 0 Å². The number of para-hydroxylation sites is 1. The van der Waals surface area contributed by atoms with Gasteiger partial charge in [-0.15, -0.1) is 0 Å². The lowest BCUT2D eigenvalue weighted by molar-refractivity contribution is 0.102. The zero-order valence-electron chi connectivity index (χ0n) is 13.0. The molecule has 0 aromatic heterocycles. The van der Waals surface area contributed by atoms with Crippen LogP contribution in [0.3, 0.4) is 0 Å². The van der Waals surface area contributed by atoms with Crippen molar-refractivity contribution in [3.63, 3.8) is 0 Å². The Labute approximate surface area is 136 Å². The molecule has 0 unspecified atom stereocenters. The summed E-state index contributed by atoms with van der Waals surface area (Å²) in [6, 6.07) is 14.8. The van der Waals surface area contributed by atoms with Crippen molar-refractivity contribution in [1.82, 2.24) is 0 Å². The quantitative estimate of drug-likeness (QED) is 0.825. The topological polar surface area (TPSA) is 58.6 Å². The molecule has 1 aliphatic carbocycles. The van der Waals surface area contributed by atoms with Gasteiger partial charge in [-0.2, -0.15) is 0 Å². The molecule has 0 saturated heterocycles. The van der Waals surface area contributed by atoms with Crippen molar-refractivity contribution in [2.24, 2.45) is 5.92 Å². The Kier molecular flexibility index (Phi) is 4.93. The van der Waals surface area contributed by atoms with E-state index in [0.717, 1.165) is 11.3 Å². The molecule has 0 aliphatic heterocycles. The number of aliphatic hydroxyl groups is 1. The van der Waals surface area contributed by atoms with E-state index in [0.29, 0.717) is 30.3 Å². The van der Waals surface area contributed by atoms with Gasteiger partial charge in [-0.25, -0.2) is 0 Å². The first-order chi connectivity index (χ1) is 11.3. The second kappa shape index (κ2) is 7.29. The number of anilines is 1. The largest absolute Gasteiger partial charge is 0.492 e. The first-order valence-corrected chi connectivity index (χ1v) is 7.99. The van der Waals surface area contributed by atoms with Crippen LogP contribution in [-0.4, -0.2) is 24.2 Å². The van der Waals surface area contributed by atoms with Gasteiger partial charge in [0.25, 0.3) is 5.91 Å². The number of carbonyl (C=O) groups is 1. The van der Waals surface area contributed by atoms with E-state index in [1.54, 1.807) is 6.07 Å². The number of rotatable bonds is 7. The molecule has 2 N–H and O–H groups in total. The maximum absolute atomic E-state index is 12.5. The van der Waals surface area contributed by atoms with Gasteiger partial charge in [0.2, 0.25) is 0 Å². The predicted molar refractivity (Wildman–Crippen MR) is 89.8 cm³/mol. The van der Waals surface area contributed by atoms with Crippen LogP contribution >= 0.6 is 0 Å². The molecule has 0 bridgehead atoms. The number of nitrogens with one attached hydrogen (secondary N) is 1. The minimum absolute atomic E-state index is 0.122. The van der Waals surface area contributed by atoms with Crippen LogP contribution in [0.4, 0.5) is 5.69 Å². The van der Waals surface area contributed by atoms with E-state index in [1.807, 2.05) is 42.5 Å². The van der Waals surface area contributed by atoms with Gasteiger partial charge in [0, 0.05) is 12.3 Å². The zero-order chi connectivity index (χ0) is 16.1. The number of ether oxygens (including phenoxy) is 1. The third-order valence-corrected chi connectivity index (χ3v) is 3.92. The minimum Gasteiger partial charge on any atom is -0.492 e. The third kappa shape index (κ3) is 4.33. The molecule has 1 amide bonds. The first-order valence-electron chi connectivity index (χ1n) is 7.99. The molecular weight excluding hydrogens is 290 g/mol. The van der Waals surface area contributed by atoms with Gasteiger partial charge < -0.3 is 15.2 Å². The predicted octanol–water partition coefficient (Wildman–Crippen LogP) is 3.26. The summed E-state index contributed by atoms with van der Waals surface area (Å²) in [7, 11) is 0. The molecule has 4 nitrogen and oxygen atoms in total. The van der Waals surface area contributed by atoms with Crippen molar-refractivity contribution in [1.29, 1.82) is 0 Å². The molecule has 0 spiro atoms. The molecule has 2 aromatic carbocycles. The Morgan fingerprint density at radius 3 is 2.57 bits per heavy atom. The molecule has 3 rings (SSSR count). The van der Waals surface area contributed by atoms with Crippen molar-refractivity contribution >= 4 is 11.6 Å². The van der Waals surface area contributed by atoms with Crippen molar-refractivity contribution in [2.45, 2.75) is 19.3 Å². The van der Waals surface area contributed by atoms with Gasteiger partial charge >= 0.3 is 0 Å². The van der Waals surface area contributed by atoms with Gasteiger partial charge in [0.05, 0.1) is 12.2 Å². The van der Waals surface area contributed by atoms with E-state index in [-0.39, 0.29) is 12.5 Å². The Balaban J connectivity index is 1.67. The lowest BCUT2D eigenvalue weighted by Gasteiger charge is -2.11. The van der Waals surface area contributed by atoms with E-state index in [1.165, 1.54) is 12.8 Å². The molecule has 23 heavy (non-hydrogen) atoms. The van der Waals surface area contributed by atoms with E-state index >= 15 is 0 Å². The molecule has 1 fully saturated rings. The monoisotopic (exact) mass is 311 g/mol. The summed E-state index contributed by atoms with van der Waals surface area (Å²) in [5.74, 6) is 1.10. The number of amides is 1. The standard InChI is InChI=1S/C19H21NO3/c21-12-11-14-7-9-16(10-8-14)20-19(22)17-3-1-2-4-18(17)23-13-15-5-6-15/h1-4,7-10,15,21H,5-6,11-13H2,(H,20,22). The average Bonchev–Trinajstić information content (AvgIpc) is 3.40. The van der Waals surface area contributed by atoms with Gasteiger partial charge in [-0.1, -0.05) is 24.3 Å². The maximum atomic E-state index is 12.5. The van der Waals surface area contributed by atoms with Crippen LogP contribution in [0.1, 0.15) is 28.8 Å². The highest BCUT2D eigenvalue weighted by Gasteiger charge is 2.23. The van der Waals surface area contributed by atoms with Crippen molar-refractivity contribution in [3.05, 3.63) is 59.7 Å². The zero-order valence-corrected chi connectivity index (χ0v) is 13.0. The van der Waals surface area contributed by atoms with Crippen LogP contribution in [0.2, 0.25) is 0 Å². The van der Waals surface area contributed by atoms with Gasteiger partial charge in [-0.05, 0) is 55.0 Å². The van der Waals surface area contributed by atoms with Crippen LogP contribution < -0.4 is 10.1 Å². The van der Waals surface area contributed by atoms with E-state index in [4.69, 9.17) is 9.84 Å². The Hall–Kier alpha value is -2.33. The molecule has 0 radical (unpaired) electrons. The molecule has 2 aromatic rings. The highest BCUT2D eigenvalue weighted by atomic mass is 16.5. The summed E-state index contributed by atoms with van der Waals surface area (Å²) in [4.78, 5) is 12.5. The molecule has 0 heterocycles.